The fourth-order valence-electron chi connectivity index (χ4n) is 2.61. The van der Waals surface area contributed by atoms with Crippen LogP contribution in [0.5, 0.6) is 0 Å². The highest BCUT2D eigenvalue weighted by Gasteiger charge is 2.18. The summed E-state index contributed by atoms with van der Waals surface area (Å²) in [6.45, 7) is 4.19. The standard InChI is InChI=1S/C19H19N3O4S/c1-3-22-10-15(17(24)14-7-6-12(2)21-18(14)22)19(25)26-11-16(23)20-9-13-5-4-8-27-13/h4-8,10H,3,9,11H2,1-2H3,(H,20,23). The number of ether oxygens (including phenoxy) is 1. The number of hydrogen-bond donors (Lipinski definition) is 1. The average Bonchev–Trinajstić information content (AvgIpc) is 3.18. The second-order valence-electron chi connectivity index (χ2n) is 5.91. The Morgan fingerprint density at radius 3 is 2.81 bits per heavy atom. The van der Waals surface area contributed by atoms with Gasteiger partial charge in [0.2, 0.25) is 5.43 Å². The molecule has 0 atom stereocenters. The summed E-state index contributed by atoms with van der Waals surface area (Å²) in [4.78, 5) is 42.2. The van der Waals surface area contributed by atoms with Gasteiger partial charge in [0.15, 0.2) is 6.61 Å². The second kappa shape index (κ2) is 8.13. The van der Waals surface area contributed by atoms with Crippen LogP contribution in [0.25, 0.3) is 11.0 Å². The highest BCUT2D eigenvalue weighted by Crippen LogP contribution is 2.12. The summed E-state index contributed by atoms with van der Waals surface area (Å²) in [5, 5.41) is 4.93. The van der Waals surface area contributed by atoms with Gasteiger partial charge in [-0.1, -0.05) is 6.07 Å². The number of hydrogen-bond acceptors (Lipinski definition) is 6. The van der Waals surface area contributed by atoms with Gasteiger partial charge in [-0.2, -0.15) is 0 Å². The molecule has 0 saturated carbocycles. The summed E-state index contributed by atoms with van der Waals surface area (Å²) in [5.74, 6) is -1.25. The second-order valence-corrected chi connectivity index (χ2v) is 6.95. The number of nitrogens with zero attached hydrogens (tertiary/aromatic N) is 2. The predicted molar refractivity (Wildman–Crippen MR) is 103 cm³/mol. The van der Waals surface area contributed by atoms with Crippen molar-refractivity contribution in [3.63, 3.8) is 0 Å². The molecule has 0 aliphatic rings. The average molecular weight is 385 g/mol. The fraction of sp³-hybridized carbons (Fsp3) is 0.263. The minimum Gasteiger partial charge on any atom is -0.452 e. The molecule has 3 rings (SSSR count). The van der Waals surface area contributed by atoms with Crippen LogP contribution in [0.4, 0.5) is 0 Å². The molecule has 7 nitrogen and oxygen atoms in total. The molecule has 1 N–H and O–H groups in total. The Morgan fingerprint density at radius 1 is 1.30 bits per heavy atom. The van der Waals surface area contributed by atoms with Crippen molar-refractivity contribution in [3.8, 4) is 0 Å². The summed E-state index contributed by atoms with van der Waals surface area (Å²) in [6, 6.07) is 7.16. The number of carbonyl (C=O) groups excluding carboxylic acids is 2. The third-order valence-electron chi connectivity index (χ3n) is 4.00. The summed E-state index contributed by atoms with van der Waals surface area (Å²) >= 11 is 1.52. The lowest BCUT2D eigenvalue weighted by Crippen LogP contribution is -2.29. The van der Waals surface area contributed by atoms with E-state index in [0.29, 0.717) is 24.1 Å². The maximum Gasteiger partial charge on any atom is 0.344 e. The Balaban J connectivity index is 1.73. The first kappa shape index (κ1) is 18.8. The predicted octanol–water partition coefficient (Wildman–Crippen LogP) is 2.26. The number of aromatic nitrogens is 2. The van der Waals surface area contributed by atoms with Gasteiger partial charge in [0.1, 0.15) is 11.2 Å². The van der Waals surface area contributed by atoms with Crippen LogP contribution in [0.1, 0.15) is 27.9 Å². The number of esters is 1. The van der Waals surface area contributed by atoms with Crippen molar-refractivity contribution < 1.29 is 14.3 Å². The van der Waals surface area contributed by atoms with Gasteiger partial charge >= 0.3 is 5.97 Å². The van der Waals surface area contributed by atoms with Crippen LogP contribution in [-0.2, 0) is 22.6 Å². The molecule has 3 heterocycles. The number of rotatable bonds is 6. The van der Waals surface area contributed by atoms with E-state index in [1.807, 2.05) is 31.4 Å². The third-order valence-corrected chi connectivity index (χ3v) is 4.87. The molecule has 27 heavy (non-hydrogen) atoms. The summed E-state index contributed by atoms with van der Waals surface area (Å²) < 4.78 is 6.75. The number of fused-ring (bicyclic) bond motifs is 1. The molecule has 0 unspecified atom stereocenters. The summed E-state index contributed by atoms with van der Waals surface area (Å²) in [5.41, 5.74) is 0.738. The van der Waals surface area contributed by atoms with Crippen LogP contribution in [0.3, 0.4) is 0 Å². The largest absolute Gasteiger partial charge is 0.452 e. The van der Waals surface area contributed by atoms with E-state index in [0.717, 1.165) is 10.6 Å². The minimum atomic E-state index is -0.823. The van der Waals surface area contributed by atoms with Crippen molar-refractivity contribution in [2.24, 2.45) is 0 Å². The first-order chi connectivity index (χ1) is 13.0. The van der Waals surface area contributed by atoms with Gasteiger partial charge in [-0.3, -0.25) is 9.59 Å². The molecule has 0 fully saturated rings. The van der Waals surface area contributed by atoms with E-state index in [1.165, 1.54) is 17.5 Å². The van der Waals surface area contributed by atoms with Crippen LogP contribution in [0, 0.1) is 6.92 Å². The van der Waals surface area contributed by atoms with Crippen molar-refractivity contribution in [2.45, 2.75) is 26.9 Å². The molecular weight excluding hydrogens is 366 g/mol. The monoisotopic (exact) mass is 385 g/mol. The molecule has 3 aromatic heterocycles. The molecule has 0 bridgehead atoms. The lowest BCUT2D eigenvalue weighted by Gasteiger charge is -2.11. The van der Waals surface area contributed by atoms with Gasteiger partial charge in [0, 0.05) is 23.3 Å². The molecule has 0 aromatic carbocycles. The Morgan fingerprint density at radius 2 is 2.11 bits per heavy atom. The number of thiophene rings is 1. The number of aryl methyl sites for hydroxylation is 2. The zero-order valence-corrected chi connectivity index (χ0v) is 15.8. The van der Waals surface area contributed by atoms with Gasteiger partial charge in [-0.15, -0.1) is 11.3 Å². The van der Waals surface area contributed by atoms with Gasteiger partial charge < -0.3 is 14.6 Å². The number of nitrogens with one attached hydrogen (secondary N) is 1. The Kier molecular flexibility index (Phi) is 5.66. The van der Waals surface area contributed by atoms with Crippen molar-refractivity contribution >= 4 is 34.2 Å². The molecule has 1 amide bonds. The van der Waals surface area contributed by atoms with Crippen LogP contribution in [-0.4, -0.2) is 28.0 Å². The van der Waals surface area contributed by atoms with Gasteiger partial charge in [-0.05, 0) is 37.4 Å². The Hall–Kier alpha value is -3.00. The maximum atomic E-state index is 12.6. The molecule has 140 valence electrons. The van der Waals surface area contributed by atoms with E-state index in [1.54, 1.807) is 16.7 Å². The Labute approximate surface area is 159 Å². The van der Waals surface area contributed by atoms with Crippen LogP contribution >= 0.6 is 11.3 Å². The van der Waals surface area contributed by atoms with E-state index < -0.39 is 23.9 Å². The van der Waals surface area contributed by atoms with Gasteiger partial charge in [-0.25, -0.2) is 9.78 Å². The molecule has 0 saturated heterocycles. The van der Waals surface area contributed by atoms with Crippen molar-refractivity contribution in [2.75, 3.05) is 6.61 Å². The molecule has 8 heteroatoms. The zero-order chi connectivity index (χ0) is 19.4. The van der Waals surface area contributed by atoms with E-state index in [-0.39, 0.29) is 5.56 Å². The zero-order valence-electron chi connectivity index (χ0n) is 15.0. The molecule has 0 aliphatic heterocycles. The third kappa shape index (κ3) is 4.22. The van der Waals surface area contributed by atoms with Crippen molar-refractivity contribution in [3.05, 3.63) is 62.2 Å². The van der Waals surface area contributed by atoms with E-state index in [9.17, 15) is 14.4 Å². The number of carbonyl (C=O) groups is 2. The van der Waals surface area contributed by atoms with E-state index in [2.05, 4.69) is 10.3 Å². The van der Waals surface area contributed by atoms with Gasteiger partial charge in [0.05, 0.1) is 11.9 Å². The molecular formula is C19H19N3O4S. The molecule has 0 aliphatic carbocycles. The van der Waals surface area contributed by atoms with Gasteiger partial charge in [0.25, 0.3) is 5.91 Å². The Bertz CT molecular complexity index is 1040. The van der Waals surface area contributed by atoms with Crippen molar-refractivity contribution in [1.29, 1.82) is 0 Å². The lowest BCUT2D eigenvalue weighted by molar-refractivity contribution is -0.124. The number of pyridine rings is 2. The van der Waals surface area contributed by atoms with Crippen molar-refractivity contribution in [1.82, 2.24) is 14.9 Å². The quantitative estimate of drug-likeness (QED) is 0.658. The highest BCUT2D eigenvalue weighted by molar-refractivity contribution is 7.09. The molecule has 3 aromatic rings. The van der Waals surface area contributed by atoms with Crippen LogP contribution in [0.2, 0.25) is 0 Å². The fourth-order valence-corrected chi connectivity index (χ4v) is 3.25. The van der Waals surface area contributed by atoms with E-state index in [4.69, 9.17) is 4.74 Å². The SMILES string of the molecule is CCn1cc(C(=O)OCC(=O)NCc2cccs2)c(=O)c2ccc(C)nc21. The maximum absolute atomic E-state index is 12.6. The van der Waals surface area contributed by atoms with Crippen LogP contribution in [0.15, 0.2) is 40.6 Å². The summed E-state index contributed by atoms with van der Waals surface area (Å²) in [6.07, 6.45) is 1.43. The molecule has 0 spiro atoms. The minimum absolute atomic E-state index is 0.110. The highest BCUT2D eigenvalue weighted by atomic mass is 32.1. The van der Waals surface area contributed by atoms with Crippen LogP contribution < -0.4 is 10.7 Å². The smallest absolute Gasteiger partial charge is 0.344 e. The first-order valence-corrected chi connectivity index (χ1v) is 9.34. The number of amides is 1. The topological polar surface area (TPSA) is 90.3 Å². The normalized spacial score (nSPS) is 10.7. The molecule has 0 radical (unpaired) electrons. The summed E-state index contributed by atoms with van der Waals surface area (Å²) in [7, 11) is 0. The van der Waals surface area contributed by atoms with E-state index >= 15 is 0 Å². The lowest BCUT2D eigenvalue weighted by atomic mass is 10.2. The first-order valence-electron chi connectivity index (χ1n) is 8.46.